The molecule has 2 N–H and O–H groups in total. The number of fused-ring (bicyclic) bond motifs is 1. The van der Waals surface area contributed by atoms with Gasteiger partial charge in [-0.2, -0.15) is 5.10 Å². The highest BCUT2D eigenvalue weighted by atomic mass is 15.3. The van der Waals surface area contributed by atoms with E-state index >= 15 is 0 Å². The van der Waals surface area contributed by atoms with Gasteiger partial charge in [0.25, 0.3) is 0 Å². The summed E-state index contributed by atoms with van der Waals surface area (Å²) in [6.45, 7) is 0. The number of nitrogens with one attached hydrogen (secondary N) is 2. The van der Waals surface area contributed by atoms with Gasteiger partial charge in [0, 0.05) is 30.3 Å². The third kappa shape index (κ3) is 3.42. The van der Waals surface area contributed by atoms with Gasteiger partial charge < -0.3 is 15.5 Å². The lowest BCUT2D eigenvalue weighted by Gasteiger charge is -2.41. The summed E-state index contributed by atoms with van der Waals surface area (Å²) in [7, 11) is 0. The van der Waals surface area contributed by atoms with Crippen LogP contribution >= 0.6 is 0 Å². The quantitative estimate of drug-likeness (QED) is 0.852. The summed E-state index contributed by atoms with van der Waals surface area (Å²) < 4.78 is 1.85. The molecule has 1 fully saturated rings. The van der Waals surface area contributed by atoms with Crippen LogP contribution in [0, 0.1) is 0 Å². The first-order valence-corrected chi connectivity index (χ1v) is 10.2. The Bertz CT molecular complexity index is 888. The molecule has 6 heteroatoms. The van der Waals surface area contributed by atoms with E-state index < -0.39 is 0 Å². The number of aromatic nitrogens is 2. The average Bonchev–Trinajstić information content (AvgIpc) is 3.29. The lowest BCUT2D eigenvalue weighted by atomic mass is 9.92. The molecular formula is C22H26N6. The van der Waals surface area contributed by atoms with E-state index in [-0.39, 0.29) is 6.17 Å². The second-order valence-corrected chi connectivity index (χ2v) is 7.67. The maximum Gasteiger partial charge on any atom is 0.202 e. The van der Waals surface area contributed by atoms with Gasteiger partial charge in [0.1, 0.15) is 6.17 Å². The molecule has 2 aromatic rings. The molecule has 0 saturated heterocycles. The molecule has 0 radical (unpaired) electrons. The van der Waals surface area contributed by atoms with Gasteiger partial charge in [-0.25, -0.2) is 9.67 Å². The zero-order valence-electron chi connectivity index (χ0n) is 16.0. The predicted molar refractivity (Wildman–Crippen MR) is 112 cm³/mol. The fourth-order valence-corrected chi connectivity index (χ4v) is 4.32. The van der Waals surface area contributed by atoms with E-state index in [0.29, 0.717) is 6.04 Å². The van der Waals surface area contributed by atoms with Crippen molar-refractivity contribution in [2.75, 3.05) is 5.32 Å². The summed E-state index contributed by atoms with van der Waals surface area (Å²) in [5.74, 6) is 0.802. The van der Waals surface area contributed by atoms with Gasteiger partial charge in [-0.15, -0.1) is 0 Å². The third-order valence-corrected chi connectivity index (χ3v) is 5.79. The molecule has 0 spiro atoms. The van der Waals surface area contributed by atoms with E-state index in [4.69, 9.17) is 4.99 Å². The smallest absolute Gasteiger partial charge is 0.202 e. The van der Waals surface area contributed by atoms with Crippen LogP contribution in [0.1, 0.15) is 38.5 Å². The van der Waals surface area contributed by atoms with E-state index in [1.807, 2.05) is 16.9 Å². The third-order valence-electron chi connectivity index (χ3n) is 5.79. The van der Waals surface area contributed by atoms with Crippen LogP contribution in [0.3, 0.4) is 0 Å². The molecule has 3 aliphatic rings. The van der Waals surface area contributed by atoms with E-state index in [2.05, 4.69) is 63.4 Å². The number of guanidine groups is 1. The first-order valence-electron chi connectivity index (χ1n) is 10.2. The number of hydrogen-bond acceptors (Lipinski definition) is 5. The lowest BCUT2D eigenvalue weighted by molar-refractivity contribution is 0.176. The molecule has 0 bridgehead atoms. The van der Waals surface area contributed by atoms with Crippen LogP contribution in [0.15, 0.2) is 71.8 Å². The van der Waals surface area contributed by atoms with Crippen LogP contribution in [0.5, 0.6) is 0 Å². The van der Waals surface area contributed by atoms with E-state index in [9.17, 15) is 0 Å². The van der Waals surface area contributed by atoms with Crippen molar-refractivity contribution in [3.8, 4) is 5.69 Å². The molecule has 1 saturated carbocycles. The van der Waals surface area contributed by atoms with Crippen LogP contribution in [-0.4, -0.2) is 32.8 Å². The van der Waals surface area contributed by atoms with Gasteiger partial charge in [-0.05, 0) is 61.4 Å². The number of nitrogens with zero attached hydrogens (tertiary/aromatic N) is 4. The molecule has 0 amide bonds. The number of aliphatic imine (C=N–C) groups is 1. The van der Waals surface area contributed by atoms with Crippen molar-refractivity contribution in [3.05, 3.63) is 66.8 Å². The first kappa shape index (κ1) is 17.1. The summed E-state index contributed by atoms with van der Waals surface area (Å²) >= 11 is 0. The molecule has 6 nitrogen and oxygen atoms in total. The van der Waals surface area contributed by atoms with Crippen LogP contribution in [0.2, 0.25) is 0 Å². The van der Waals surface area contributed by atoms with Gasteiger partial charge in [0.2, 0.25) is 5.96 Å². The molecule has 1 aromatic carbocycles. The molecule has 1 aromatic heterocycles. The van der Waals surface area contributed by atoms with Crippen molar-refractivity contribution in [2.45, 2.75) is 50.7 Å². The zero-order chi connectivity index (χ0) is 18.8. The number of hydrogen-bond donors (Lipinski definition) is 2. The summed E-state index contributed by atoms with van der Waals surface area (Å²) in [6.07, 6.45) is 18.0. The second-order valence-electron chi connectivity index (χ2n) is 7.67. The predicted octanol–water partition coefficient (Wildman–Crippen LogP) is 4.01. The van der Waals surface area contributed by atoms with E-state index in [0.717, 1.165) is 23.8 Å². The van der Waals surface area contributed by atoms with Crippen molar-refractivity contribution >= 4 is 11.6 Å². The Hall–Kier alpha value is -3.02. The monoisotopic (exact) mass is 374 g/mol. The molecule has 5 rings (SSSR count). The van der Waals surface area contributed by atoms with Gasteiger partial charge in [-0.3, -0.25) is 0 Å². The lowest BCUT2D eigenvalue weighted by Crippen LogP contribution is -2.46. The maximum absolute atomic E-state index is 5.01. The zero-order valence-corrected chi connectivity index (χ0v) is 16.0. The minimum absolute atomic E-state index is 0.111. The van der Waals surface area contributed by atoms with E-state index in [1.165, 1.54) is 37.7 Å². The minimum Gasteiger partial charge on any atom is -0.350 e. The Morgan fingerprint density at radius 3 is 2.71 bits per heavy atom. The average molecular weight is 374 g/mol. The van der Waals surface area contributed by atoms with Crippen molar-refractivity contribution < 1.29 is 0 Å². The highest BCUT2D eigenvalue weighted by Crippen LogP contribution is 2.31. The molecule has 1 aliphatic carbocycles. The van der Waals surface area contributed by atoms with Gasteiger partial charge in [0.05, 0.1) is 5.69 Å². The fraction of sp³-hybridized carbons (Fsp3) is 0.364. The number of rotatable bonds is 3. The number of allylic oxidation sites excluding steroid dienone is 1. The first-order chi connectivity index (χ1) is 13.9. The highest BCUT2D eigenvalue weighted by Gasteiger charge is 2.31. The molecule has 2 aliphatic heterocycles. The van der Waals surface area contributed by atoms with Crippen LogP contribution in [0.25, 0.3) is 5.69 Å². The standard InChI is InChI=1S/C22H26N6/c1-2-7-19(8-3-1)27-14-4-6-17-16-23-22(26-21(17)27)25-18-9-11-20(12-10-18)28-15-5-13-24-28/h4-5,9-16,19,21H,1-3,6-8H2,(H2,23,25,26). The Balaban J connectivity index is 1.32. The van der Waals surface area contributed by atoms with Crippen LogP contribution in [0.4, 0.5) is 5.69 Å². The minimum atomic E-state index is 0.111. The Labute approximate surface area is 165 Å². The molecular weight excluding hydrogens is 348 g/mol. The summed E-state index contributed by atoms with van der Waals surface area (Å²) in [5, 5.41) is 11.0. The van der Waals surface area contributed by atoms with Crippen LogP contribution in [-0.2, 0) is 0 Å². The Morgan fingerprint density at radius 2 is 1.93 bits per heavy atom. The van der Waals surface area contributed by atoms with Crippen molar-refractivity contribution in [1.29, 1.82) is 0 Å². The second kappa shape index (κ2) is 7.54. The molecule has 144 valence electrons. The van der Waals surface area contributed by atoms with Crippen molar-refractivity contribution in [1.82, 2.24) is 20.0 Å². The largest absolute Gasteiger partial charge is 0.350 e. The van der Waals surface area contributed by atoms with Crippen LogP contribution < -0.4 is 10.6 Å². The Morgan fingerprint density at radius 1 is 1.07 bits per heavy atom. The number of benzene rings is 1. The summed E-state index contributed by atoms with van der Waals surface area (Å²) in [5.41, 5.74) is 3.39. The summed E-state index contributed by atoms with van der Waals surface area (Å²) in [4.78, 5) is 7.48. The van der Waals surface area contributed by atoms with E-state index in [1.54, 1.807) is 6.20 Å². The number of anilines is 1. The molecule has 1 atom stereocenters. The molecule has 1 unspecified atom stereocenters. The summed E-state index contributed by atoms with van der Waals surface area (Å²) in [6, 6.07) is 10.7. The topological polar surface area (TPSA) is 57.5 Å². The maximum atomic E-state index is 5.01. The normalized spacial score (nSPS) is 22.1. The molecule has 28 heavy (non-hydrogen) atoms. The fourth-order valence-electron chi connectivity index (χ4n) is 4.32. The van der Waals surface area contributed by atoms with Gasteiger partial charge in [-0.1, -0.05) is 25.3 Å². The SMILES string of the molecule is C1=CN(C2CCCCC2)C2N=C(Nc3ccc(-n4cccn4)cc3)NC=C2C1. The Kier molecular flexibility index (Phi) is 4.61. The van der Waals surface area contributed by atoms with Gasteiger partial charge >= 0.3 is 0 Å². The molecule has 3 heterocycles. The van der Waals surface area contributed by atoms with Crippen molar-refractivity contribution in [3.63, 3.8) is 0 Å². The van der Waals surface area contributed by atoms with Crippen molar-refractivity contribution in [2.24, 2.45) is 4.99 Å². The van der Waals surface area contributed by atoms with Gasteiger partial charge in [0.15, 0.2) is 0 Å². The highest BCUT2D eigenvalue weighted by molar-refractivity contribution is 5.95.